The first-order chi connectivity index (χ1) is 15.1. The van der Waals surface area contributed by atoms with Crippen LogP contribution in [0.5, 0.6) is 5.75 Å². The molecule has 2 aromatic carbocycles. The zero-order valence-corrected chi connectivity index (χ0v) is 16.6. The second kappa shape index (κ2) is 9.37. The van der Waals surface area contributed by atoms with Crippen LogP contribution in [0.4, 0.5) is 18.9 Å². The summed E-state index contributed by atoms with van der Waals surface area (Å²) in [5.74, 6) is -1.60. The van der Waals surface area contributed by atoms with Crippen molar-refractivity contribution < 1.29 is 37.1 Å². The molecule has 9 nitrogen and oxygen atoms in total. The highest BCUT2D eigenvalue weighted by atomic mass is 19.4. The van der Waals surface area contributed by atoms with Crippen LogP contribution in [0.1, 0.15) is 21.8 Å². The molecule has 0 fully saturated rings. The lowest BCUT2D eigenvalue weighted by molar-refractivity contribution is -0.274. The second-order valence-corrected chi connectivity index (χ2v) is 6.51. The first kappa shape index (κ1) is 22.6. The van der Waals surface area contributed by atoms with E-state index in [-0.39, 0.29) is 18.7 Å². The van der Waals surface area contributed by atoms with Crippen molar-refractivity contribution in [2.45, 2.75) is 19.8 Å². The number of alkyl halides is 3. The Morgan fingerprint density at radius 3 is 2.62 bits per heavy atom. The number of aromatic nitrogens is 2. The average Bonchev–Trinajstić information content (AvgIpc) is 3.16. The van der Waals surface area contributed by atoms with E-state index in [1.165, 1.54) is 12.1 Å². The highest BCUT2D eigenvalue weighted by Gasteiger charge is 2.31. The molecule has 0 aliphatic rings. The number of ether oxygens (including phenoxy) is 1. The van der Waals surface area contributed by atoms with Crippen LogP contribution in [0.25, 0.3) is 11.4 Å². The molecule has 3 rings (SSSR count). The number of aryl methyl sites for hydroxylation is 1. The number of carboxylic acids is 1. The number of amides is 1. The number of benzene rings is 2. The van der Waals surface area contributed by atoms with Crippen molar-refractivity contribution in [3.05, 3.63) is 59.5 Å². The number of hydrogen-bond acceptors (Lipinski definition) is 7. The molecule has 0 aliphatic carbocycles. The molecule has 168 valence electrons. The third-order valence-corrected chi connectivity index (χ3v) is 4.09. The minimum atomic E-state index is -4.88. The van der Waals surface area contributed by atoms with Crippen LogP contribution in [-0.2, 0) is 11.3 Å². The van der Waals surface area contributed by atoms with Gasteiger partial charge in [0.15, 0.2) is 0 Å². The molecule has 32 heavy (non-hydrogen) atoms. The maximum absolute atomic E-state index is 12.4. The number of halogens is 3. The minimum Gasteiger partial charge on any atom is -0.480 e. The van der Waals surface area contributed by atoms with Gasteiger partial charge in [0.1, 0.15) is 12.3 Å². The van der Waals surface area contributed by atoms with Gasteiger partial charge >= 0.3 is 12.3 Å². The van der Waals surface area contributed by atoms with Gasteiger partial charge in [-0.2, -0.15) is 4.98 Å². The van der Waals surface area contributed by atoms with Crippen molar-refractivity contribution >= 4 is 17.6 Å². The van der Waals surface area contributed by atoms with Crippen molar-refractivity contribution in [2.24, 2.45) is 0 Å². The Labute approximate surface area is 179 Å². The van der Waals surface area contributed by atoms with Gasteiger partial charge in [-0.1, -0.05) is 23.4 Å². The van der Waals surface area contributed by atoms with Crippen molar-refractivity contribution in [1.29, 1.82) is 0 Å². The number of carbonyl (C=O) groups excluding carboxylic acids is 1. The van der Waals surface area contributed by atoms with Crippen molar-refractivity contribution in [2.75, 3.05) is 11.9 Å². The lowest BCUT2D eigenvalue weighted by Gasteiger charge is -2.14. The molecule has 0 spiro atoms. The van der Waals surface area contributed by atoms with Crippen molar-refractivity contribution in [3.8, 4) is 17.1 Å². The third kappa shape index (κ3) is 6.20. The largest absolute Gasteiger partial charge is 0.573 e. The van der Waals surface area contributed by atoms with E-state index in [1.54, 1.807) is 25.1 Å². The van der Waals surface area contributed by atoms with Gasteiger partial charge in [0.25, 0.3) is 5.91 Å². The number of rotatable bonds is 8. The smallest absolute Gasteiger partial charge is 0.480 e. The number of nitrogens with zero attached hydrogens (tertiary/aromatic N) is 2. The van der Waals surface area contributed by atoms with Gasteiger partial charge in [-0.25, -0.2) is 0 Å². The van der Waals surface area contributed by atoms with Crippen molar-refractivity contribution in [3.63, 3.8) is 0 Å². The molecule has 1 amide bonds. The summed E-state index contributed by atoms with van der Waals surface area (Å²) < 4.78 is 45.9. The molecule has 0 saturated carbocycles. The fourth-order valence-corrected chi connectivity index (χ4v) is 2.73. The van der Waals surface area contributed by atoms with E-state index in [2.05, 4.69) is 25.5 Å². The first-order valence-electron chi connectivity index (χ1n) is 9.14. The maximum Gasteiger partial charge on any atom is 0.573 e. The zero-order valence-electron chi connectivity index (χ0n) is 16.6. The lowest BCUT2D eigenvalue weighted by Crippen LogP contribution is -2.24. The maximum atomic E-state index is 12.4. The van der Waals surface area contributed by atoms with E-state index in [1.807, 2.05) is 0 Å². The summed E-state index contributed by atoms with van der Waals surface area (Å²) in [6.45, 7) is 1.21. The number of aliphatic carboxylic acids is 1. The molecule has 0 aliphatic heterocycles. The molecule has 3 N–H and O–H groups in total. The summed E-state index contributed by atoms with van der Waals surface area (Å²) >= 11 is 0. The molecule has 3 aromatic rings. The SMILES string of the molecule is Cc1nc(-c2ccc(CNC(=O)c3cccc(OC(F)(F)F)c3)c(NCC(=O)O)c2)no1. The Hall–Kier alpha value is -4.09. The predicted molar refractivity (Wildman–Crippen MR) is 105 cm³/mol. The molecule has 0 unspecified atom stereocenters. The Kier molecular flexibility index (Phi) is 6.61. The average molecular weight is 450 g/mol. The van der Waals surface area contributed by atoms with Crippen LogP contribution in [0.2, 0.25) is 0 Å². The van der Waals surface area contributed by atoms with Crippen LogP contribution in [-0.4, -0.2) is 40.0 Å². The second-order valence-electron chi connectivity index (χ2n) is 6.51. The molecular weight excluding hydrogens is 433 g/mol. The normalized spacial score (nSPS) is 11.1. The Balaban J connectivity index is 1.76. The van der Waals surface area contributed by atoms with Gasteiger partial charge in [0.2, 0.25) is 11.7 Å². The topological polar surface area (TPSA) is 127 Å². The predicted octanol–water partition coefficient (Wildman–Crippen LogP) is 3.37. The minimum absolute atomic E-state index is 0.0311. The summed E-state index contributed by atoms with van der Waals surface area (Å²) in [5.41, 5.74) is 1.46. The summed E-state index contributed by atoms with van der Waals surface area (Å²) in [7, 11) is 0. The number of nitrogens with one attached hydrogen (secondary N) is 2. The third-order valence-electron chi connectivity index (χ3n) is 4.09. The molecule has 1 heterocycles. The molecular formula is C20H17F3N4O5. The van der Waals surface area contributed by atoms with Gasteiger partial charge in [-0.3, -0.25) is 9.59 Å². The fourth-order valence-electron chi connectivity index (χ4n) is 2.73. The van der Waals surface area contributed by atoms with Crippen LogP contribution >= 0.6 is 0 Å². The van der Waals surface area contributed by atoms with Crippen LogP contribution in [0.15, 0.2) is 47.0 Å². The number of anilines is 1. The quantitative estimate of drug-likeness (QED) is 0.477. The molecule has 12 heteroatoms. The molecule has 0 saturated heterocycles. The summed E-state index contributed by atoms with van der Waals surface area (Å²) in [6.07, 6.45) is -4.88. The number of carboxylic acid groups (broad SMARTS) is 1. The highest BCUT2D eigenvalue weighted by Crippen LogP contribution is 2.25. The van der Waals surface area contributed by atoms with Gasteiger partial charge in [-0.05, 0) is 29.8 Å². The number of hydrogen-bond donors (Lipinski definition) is 3. The molecule has 0 atom stereocenters. The van der Waals surface area contributed by atoms with E-state index < -0.39 is 24.0 Å². The Morgan fingerprint density at radius 2 is 1.97 bits per heavy atom. The highest BCUT2D eigenvalue weighted by molar-refractivity contribution is 5.94. The van der Waals surface area contributed by atoms with E-state index in [4.69, 9.17) is 9.63 Å². The monoisotopic (exact) mass is 450 g/mol. The summed E-state index contributed by atoms with van der Waals surface area (Å²) in [4.78, 5) is 27.5. The molecule has 1 aromatic heterocycles. The standard InChI is InChI=1S/C20H17F3N4O5/c1-11-26-18(27-32-11)12-5-6-14(16(8-12)24-10-17(28)29)9-25-19(30)13-3-2-4-15(7-13)31-20(21,22)23/h2-8,24H,9-10H2,1H3,(H,25,30)(H,28,29). The van der Waals surface area contributed by atoms with Gasteiger partial charge in [0.05, 0.1) is 0 Å². The van der Waals surface area contributed by atoms with Crippen LogP contribution in [0.3, 0.4) is 0 Å². The van der Waals surface area contributed by atoms with Gasteiger partial charge in [0, 0.05) is 30.3 Å². The summed E-state index contributed by atoms with van der Waals surface area (Å²) in [6, 6.07) is 9.54. The fraction of sp³-hybridized carbons (Fsp3) is 0.200. The Morgan fingerprint density at radius 1 is 1.19 bits per heavy atom. The molecule has 0 radical (unpaired) electrons. The number of carbonyl (C=O) groups is 2. The van der Waals surface area contributed by atoms with E-state index in [0.717, 1.165) is 12.1 Å². The van der Waals surface area contributed by atoms with Crippen molar-refractivity contribution in [1.82, 2.24) is 15.5 Å². The van der Waals surface area contributed by atoms with Gasteiger partial charge in [-0.15, -0.1) is 13.2 Å². The molecule has 0 bridgehead atoms. The first-order valence-corrected chi connectivity index (χ1v) is 9.14. The zero-order chi connectivity index (χ0) is 23.3. The Bertz CT molecular complexity index is 1130. The van der Waals surface area contributed by atoms with Gasteiger partial charge < -0.3 is 25.0 Å². The van der Waals surface area contributed by atoms with Crippen LogP contribution < -0.4 is 15.4 Å². The van der Waals surface area contributed by atoms with E-state index in [9.17, 15) is 22.8 Å². The van der Waals surface area contributed by atoms with Crippen LogP contribution in [0, 0.1) is 6.92 Å². The van der Waals surface area contributed by atoms with E-state index in [0.29, 0.717) is 28.5 Å². The lowest BCUT2D eigenvalue weighted by atomic mass is 10.1. The van der Waals surface area contributed by atoms with E-state index >= 15 is 0 Å². The summed E-state index contributed by atoms with van der Waals surface area (Å²) in [5, 5.41) is 18.1.